The lowest BCUT2D eigenvalue weighted by atomic mass is 10.3. The minimum Gasteiger partial charge on any atom is -0.307 e. The standard InChI is InChI=1S/C13H12BrN3O3S/c14-10-6-8-11(9-7-10)15-13(18)16-17-21(19,20)12-4-2-1-3-5-12/h1-9,17H,(H2,15,16,18). The number of benzene rings is 2. The summed E-state index contributed by atoms with van der Waals surface area (Å²) in [6.07, 6.45) is 0. The molecule has 0 aromatic heterocycles. The summed E-state index contributed by atoms with van der Waals surface area (Å²) in [5.41, 5.74) is 2.62. The van der Waals surface area contributed by atoms with Gasteiger partial charge in [0.05, 0.1) is 4.90 Å². The van der Waals surface area contributed by atoms with Gasteiger partial charge in [0.15, 0.2) is 0 Å². The smallest absolute Gasteiger partial charge is 0.307 e. The molecule has 0 unspecified atom stereocenters. The van der Waals surface area contributed by atoms with Crippen LogP contribution in [0.15, 0.2) is 64.0 Å². The van der Waals surface area contributed by atoms with Crippen LogP contribution in [0.5, 0.6) is 0 Å². The van der Waals surface area contributed by atoms with E-state index in [0.29, 0.717) is 5.69 Å². The molecule has 0 fully saturated rings. The first-order valence-electron chi connectivity index (χ1n) is 5.87. The first-order valence-corrected chi connectivity index (χ1v) is 8.14. The number of sulfonamides is 1. The van der Waals surface area contributed by atoms with E-state index in [-0.39, 0.29) is 4.90 Å². The Morgan fingerprint density at radius 3 is 2.19 bits per heavy atom. The summed E-state index contributed by atoms with van der Waals surface area (Å²) < 4.78 is 24.6. The predicted octanol–water partition coefficient (Wildman–Crippen LogP) is 2.46. The highest BCUT2D eigenvalue weighted by molar-refractivity contribution is 9.10. The minimum absolute atomic E-state index is 0.0638. The van der Waals surface area contributed by atoms with Crippen LogP contribution in [0.2, 0.25) is 0 Å². The van der Waals surface area contributed by atoms with E-state index in [1.807, 2.05) is 4.83 Å². The molecule has 0 aliphatic heterocycles. The number of carbonyl (C=O) groups excluding carboxylic acids is 1. The number of hydrazine groups is 1. The Hall–Kier alpha value is -1.90. The van der Waals surface area contributed by atoms with Gasteiger partial charge in [0.25, 0.3) is 10.0 Å². The largest absolute Gasteiger partial charge is 0.334 e. The highest BCUT2D eigenvalue weighted by Crippen LogP contribution is 2.13. The predicted molar refractivity (Wildman–Crippen MR) is 83.1 cm³/mol. The summed E-state index contributed by atoms with van der Waals surface area (Å²) in [6.45, 7) is 0. The number of carbonyl (C=O) groups is 1. The molecule has 21 heavy (non-hydrogen) atoms. The second-order valence-corrected chi connectivity index (χ2v) is 6.60. The van der Waals surface area contributed by atoms with Crippen LogP contribution in [-0.2, 0) is 10.0 Å². The molecule has 0 aliphatic carbocycles. The third-order valence-corrected chi connectivity index (χ3v) is 4.25. The van der Waals surface area contributed by atoms with Crippen LogP contribution in [0.1, 0.15) is 0 Å². The van der Waals surface area contributed by atoms with Crippen LogP contribution >= 0.6 is 15.9 Å². The quantitative estimate of drug-likeness (QED) is 0.723. The van der Waals surface area contributed by atoms with Crippen molar-refractivity contribution in [3.8, 4) is 0 Å². The Morgan fingerprint density at radius 2 is 1.57 bits per heavy atom. The van der Waals surface area contributed by atoms with Crippen molar-refractivity contribution in [1.29, 1.82) is 0 Å². The summed E-state index contributed by atoms with van der Waals surface area (Å²) in [4.78, 5) is 13.7. The van der Waals surface area contributed by atoms with Crippen molar-refractivity contribution in [3.05, 3.63) is 59.1 Å². The van der Waals surface area contributed by atoms with Gasteiger partial charge in [0.1, 0.15) is 0 Å². The van der Waals surface area contributed by atoms with Gasteiger partial charge < -0.3 is 5.32 Å². The molecule has 2 aromatic carbocycles. The maximum atomic E-state index is 11.9. The van der Waals surface area contributed by atoms with Gasteiger partial charge in [0.2, 0.25) is 0 Å². The SMILES string of the molecule is O=C(NNS(=O)(=O)c1ccccc1)Nc1ccc(Br)cc1. The minimum atomic E-state index is -3.78. The molecule has 8 heteroatoms. The molecule has 0 heterocycles. The number of hydrogen-bond donors (Lipinski definition) is 3. The molecular formula is C13H12BrN3O3S. The van der Waals surface area contributed by atoms with Crippen LogP contribution in [0, 0.1) is 0 Å². The van der Waals surface area contributed by atoms with Crippen LogP contribution in [0.3, 0.4) is 0 Å². The Balaban J connectivity index is 1.93. The summed E-state index contributed by atoms with van der Waals surface area (Å²) in [7, 11) is -3.78. The van der Waals surface area contributed by atoms with Crippen molar-refractivity contribution >= 4 is 37.7 Å². The molecule has 0 radical (unpaired) electrons. The zero-order chi connectivity index (χ0) is 15.3. The summed E-state index contributed by atoms with van der Waals surface area (Å²) >= 11 is 3.27. The maximum absolute atomic E-state index is 11.9. The average molecular weight is 370 g/mol. The summed E-state index contributed by atoms with van der Waals surface area (Å²) in [5.74, 6) is 0. The second-order valence-electron chi connectivity index (χ2n) is 4.00. The second kappa shape index (κ2) is 6.70. The molecule has 6 nitrogen and oxygen atoms in total. The number of hydrogen-bond acceptors (Lipinski definition) is 3. The fraction of sp³-hybridized carbons (Fsp3) is 0. The van der Waals surface area contributed by atoms with Crippen molar-refractivity contribution in [2.45, 2.75) is 4.90 Å². The van der Waals surface area contributed by atoms with Crippen LogP contribution < -0.4 is 15.6 Å². The normalized spacial score (nSPS) is 10.9. The van der Waals surface area contributed by atoms with Gasteiger partial charge in [-0.2, -0.15) is 0 Å². The lowest BCUT2D eigenvalue weighted by molar-refractivity contribution is 0.250. The van der Waals surface area contributed by atoms with Gasteiger partial charge >= 0.3 is 6.03 Å². The molecule has 110 valence electrons. The Kier molecular flexibility index (Phi) is 4.94. The number of urea groups is 1. The number of nitrogens with one attached hydrogen (secondary N) is 3. The molecule has 0 saturated heterocycles. The van der Waals surface area contributed by atoms with Crippen molar-refractivity contribution < 1.29 is 13.2 Å². The molecule has 0 spiro atoms. The van der Waals surface area contributed by atoms with Gasteiger partial charge in [0, 0.05) is 10.2 Å². The Bertz CT molecular complexity index is 718. The third kappa shape index (κ3) is 4.55. The van der Waals surface area contributed by atoms with E-state index in [4.69, 9.17) is 0 Å². The first kappa shape index (κ1) is 15.5. The summed E-state index contributed by atoms with van der Waals surface area (Å²) in [6, 6.07) is 13.9. The Labute approximate surface area is 130 Å². The topological polar surface area (TPSA) is 87.3 Å². The number of amides is 2. The number of anilines is 1. The lowest BCUT2D eigenvalue weighted by Gasteiger charge is -2.09. The maximum Gasteiger partial charge on any atom is 0.334 e. The first-order chi connectivity index (χ1) is 9.97. The van der Waals surface area contributed by atoms with E-state index in [1.165, 1.54) is 12.1 Å². The zero-order valence-electron chi connectivity index (χ0n) is 10.7. The van der Waals surface area contributed by atoms with Crippen molar-refractivity contribution in [3.63, 3.8) is 0 Å². The van der Waals surface area contributed by atoms with Gasteiger partial charge in [-0.15, -0.1) is 4.83 Å². The van der Waals surface area contributed by atoms with Crippen LogP contribution in [-0.4, -0.2) is 14.4 Å². The van der Waals surface area contributed by atoms with Crippen molar-refractivity contribution in [1.82, 2.24) is 10.3 Å². The molecule has 2 aromatic rings. The van der Waals surface area contributed by atoms with Crippen LogP contribution in [0.4, 0.5) is 10.5 Å². The lowest BCUT2D eigenvalue weighted by Crippen LogP contribution is -2.43. The van der Waals surface area contributed by atoms with Crippen LogP contribution in [0.25, 0.3) is 0 Å². The molecular weight excluding hydrogens is 358 g/mol. The third-order valence-electron chi connectivity index (χ3n) is 2.45. The average Bonchev–Trinajstić information content (AvgIpc) is 2.49. The van der Waals surface area contributed by atoms with E-state index in [2.05, 4.69) is 26.7 Å². The molecule has 0 saturated carbocycles. The summed E-state index contributed by atoms with van der Waals surface area (Å²) in [5, 5.41) is 2.50. The van der Waals surface area contributed by atoms with Gasteiger partial charge in [-0.05, 0) is 36.4 Å². The fourth-order valence-corrected chi connectivity index (χ4v) is 2.59. The van der Waals surface area contributed by atoms with E-state index < -0.39 is 16.1 Å². The fourth-order valence-electron chi connectivity index (χ4n) is 1.47. The zero-order valence-corrected chi connectivity index (χ0v) is 13.1. The van der Waals surface area contributed by atoms with E-state index in [1.54, 1.807) is 42.5 Å². The van der Waals surface area contributed by atoms with Gasteiger partial charge in [-0.1, -0.05) is 34.1 Å². The number of halogens is 1. The molecule has 2 rings (SSSR count). The number of rotatable bonds is 4. The van der Waals surface area contributed by atoms with Crippen molar-refractivity contribution in [2.75, 3.05) is 5.32 Å². The van der Waals surface area contributed by atoms with E-state index in [0.717, 1.165) is 4.47 Å². The molecule has 0 bridgehead atoms. The van der Waals surface area contributed by atoms with Crippen molar-refractivity contribution in [2.24, 2.45) is 0 Å². The molecule has 3 N–H and O–H groups in total. The highest BCUT2D eigenvalue weighted by Gasteiger charge is 2.14. The van der Waals surface area contributed by atoms with Gasteiger partial charge in [-0.3, -0.25) is 5.43 Å². The monoisotopic (exact) mass is 369 g/mol. The van der Waals surface area contributed by atoms with E-state index >= 15 is 0 Å². The molecule has 2 amide bonds. The molecule has 0 atom stereocenters. The van der Waals surface area contributed by atoms with Gasteiger partial charge in [-0.25, -0.2) is 13.2 Å². The van der Waals surface area contributed by atoms with E-state index in [9.17, 15) is 13.2 Å². The Morgan fingerprint density at radius 1 is 0.952 bits per heavy atom. The highest BCUT2D eigenvalue weighted by atomic mass is 79.9. The molecule has 0 aliphatic rings.